The van der Waals surface area contributed by atoms with E-state index in [1.165, 1.54) is 11.0 Å². The number of carbonyl (C=O) groups excluding carboxylic acids is 1. The first-order valence-corrected chi connectivity index (χ1v) is 6.76. The fraction of sp³-hybridized carbons (Fsp3) is 0.143. The summed E-state index contributed by atoms with van der Waals surface area (Å²) in [6.45, 7) is 0.0656. The Morgan fingerprint density at radius 3 is 3.00 bits per heavy atom. The number of hydrogen-bond donors (Lipinski definition) is 0. The quantitative estimate of drug-likeness (QED) is 0.846. The van der Waals surface area contributed by atoms with Gasteiger partial charge >= 0.3 is 0 Å². The molecule has 1 aromatic heterocycles. The van der Waals surface area contributed by atoms with Crippen molar-refractivity contribution in [3.8, 4) is 5.75 Å². The summed E-state index contributed by atoms with van der Waals surface area (Å²) in [5, 5.41) is 0. The molecule has 0 atom stereocenters. The van der Waals surface area contributed by atoms with E-state index in [4.69, 9.17) is 4.74 Å². The number of pyridine rings is 1. The third kappa shape index (κ3) is 2.38. The average molecular weight is 337 g/mol. The molecule has 4 nitrogen and oxygen atoms in total. The normalized spacial score (nSPS) is 13.9. The second-order valence-corrected chi connectivity index (χ2v) is 5.25. The fourth-order valence-electron chi connectivity index (χ4n) is 2.02. The molecular weight excluding hydrogens is 327 g/mol. The van der Waals surface area contributed by atoms with Crippen molar-refractivity contribution in [3.63, 3.8) is 0 Å². The van der Waals surface area contributed by atoms with Gasteiger partial charge in [-0.25, -0.2) is 9.37 Å². The van der Waals surface area contributed by atoms with Crippen LogP contribution in [0.3, 0.4) is 0 Å². The van der Waals surface area contributed by atoms with Gasteiger partial charge in [0.05, 0.1) is 6.54 Å². The summed E-state index contributed by atoms with van der Waals surface area (Å²) in [5.74, 6) is 0.337. The summed E-state index contributed by atoms with van der Waals surface area (Å²) >= 11 is 3.30. The molecule has 1 aliphatic heterocycles. The molecule has 102 valence electrons. The molecule has 2 aromatic rings. The topological polar surface area (TPSA) is 42.4 Å². The third-order valence-corrected chi connectivity index (χ3v) is 3.43. The number of fused-ring (bicyclic) bond motifs is 1. The van der Waals surface area contributed by atoms with Gasteiger partial charge in [0.2, 0.25) is 0 Å². The highest BCUT2D eigenvalue weighted by Gasteiger charge is 2.27. The van der Waals surface area contributed by atoms with Gasteiger partial charge in [-0.05, 0) is 28.1 Å². The van der Waals surface area contributed by atoms with E-state index in [1.54, 1.807) is 30.5 Å². The van der Waals surface area contributed by atoms with Gasteiger partial charge < -0.3 is 4.74 Å². The SMILES string of the molecule is O=C1COc2cc(Br)cnc2N1Cc1ccccc1F. The minimum Gasteiger partial charge on any atom is -0.480 e. The number of nitrogens with zero attached hydrogens (tertiary/aromatic N) is 2. The van der Waals surface area contributed by atoms with Crippen LogP contribution < -0.4 is 9.64 Å². The Bertz CT molecular complexity index is 678. The second kappa shape index (κ2) is 5.20. The van der Waals surface area contributed by atoms with Crippen LogP contribution in [0.25, 0.3) is 0 Å². The average Bonchev–Trinajstić information content (AvgIpc) is 2.44. The lowest BCUT2D eigenvalue weighted by atomic mass is 10.2. The minimum absolute atomic E-state index is 0.0699. The molecule has 1 aliphatic rings. The van der Waals surface area contributed by atoms with Crippen LogP contribution in [0.5, 0.6) is 5.75 Å². The maximum Gasteiger partial charge on any atom is 0.266 e. The minimum atomic E-state index is -0.342. The smallest absolute Gasteiger partial charge is 0.266 e. The van der Waals surface area contributed by atoms with Gasteiger partial charge in [0.25, 0.3) is 5.91 Å². The zero-order chi connectivity index (χ0) is 14.1. The van der Waals surface area contributed by atoms with Crippen LogP contribution in [0.2, 0.25) is 0 Å². The van der Waals surface area contributed by atoms with Crippen molar-refractivity contribution in [1.29, 1.82) is 0 Å². The van der Waals surface area contributed by atoms with Gasteiger partial charge in [0.15, 0.2) is 18.2 Å². The van der Waals surface area contributed by atoms with E-state index in [0.29, 0.717) is 17.1 Å². The van der Waals surface area contributed by atoms with E-state index in [9.17, 15) is 9.18 Å². The summed E-state index contributed by atoms with van der Waals surface area (Å²) < 4.78 is 19.8. The third-order valence-electron chi connectivity index (χ3n) is 2.99. The van der Waals surface area contributed by atoms with E-state index in [2.05, 4.69) is 20.9 Å². The van der Waals surface area contributed by atoms with E-state index in [-0.39, 0.29) is 24.9 Å². The van der Waals surface area contributed by atoms with Crippen molar-refractivity contribution in [2.75, 3.05) is 11.5 Å². The molecule has 0 fully saturated rings. The molecule has 0 N–H and O–H groups in total. The first-order chi connectivity index (χ1) is 9.65. The molecule has 0 saturated carbocycles. The van der Waals surface area contributed by atoms with Gasteiger partial charge in [-0.1, -0.05) is 18.2 Å². The summed E-state index contributed by atoms with van der Waals surface area (Å²) in [6, 6.07) is 8.11. The van der Waals surface area contributed by atoms with Crippen molar-refractivity contribution >= 4 is 27.7 Å². The van der Waals surface area contributed by atoms with Crippen LogP contribution in [0, 0.1) is 5.82 Å². The van der Waals surface area contributed by atoms with Crippen LogP contribution in [-0.4, -0.2) is 17.5 Å². The molecule has 3 rings (SSSR count). The lowest BCUT2D eigenvalue weighted by Gasteiger charge is -2.28. The van der Waals surface area contributed by atoms with Crippen molar-refractivity contribution in [2.45, 2.75) is 6.54 Å². The summed E-state index contributed by atoms with van der Waals surface area (Å²) in [6.07, 6.45) is 1.58. The molecule has 0 aliphatic carbocycles. The highest BCUT2D eigenvalue weighted by molar-refractivity contribution is 9.10. The highest BCUT2D eigenvalue weighted by Crippen LogP contribution is 2.33. The Morgan fingerprint density at radius 2 is 2.20 bits per heavy atom. The first kappa shape index (κ1) is 13.1. The molecule has 6 heteroatoms. The number of halogens is 2. The van der Waals surface area contributed by atoms with Crippen LogP contribution in [0.4, 0.5) is 10.2 Å². The Balaban J connectivity index is 1.97. The van der Waals surface area contributed by atoms with Crippen molar-refractivity contribution in [1.82, 2.24) is 4.98 Å². The van der Waals surface area contributed by atoms with E-state index < -0.39 is 0 Å². The number of carbonyl (C=O) groups is 1. The van der Waals surface area contributed by atoms with Crippen molar-refractivity contribution in [3.05, 3.63) is 52.4 Å². The molecule has 0 bridgehead atoms. The number of benzene rings is 1. The van der Waals surface area contributed by atoms with Gasteiger partial charge in [-0.15, -0.1) is 0 Å². The second-order valence-electron chi connectivity index (χ2n) is 4.34. The van der Waals surface area contributed by atoms with Crippen LogP contribution >= 0.6 is 15.9 Å². The molecule has 0 spiro atoms. The standard InChI is InChI=1S/C14H10BrFN2O2/c15-10-5-12-14(17-6-10)18(13(19)8-20-12)7-9-3-1-2-4-11(9)16/h1-6H,7-8H2. The molecule has 1 amide bonds. The first-order valence-electron chi connectivity index (χ1n) is 5.97. The lowest BCUT2D eigenvalue weighted by molar-refractivity contribution is -0.121. The zero-order valence-electron chi connectivity index (χ0n) is 10.3. The maximum atomic E-state index is 13.7. The number of aromatic nitrogens is 1. The lowest BCUT2D eigenvalue weighted by Crippen LogP contribution is -2.39. The Kier molecular flexibility index (Phi) is 3.40. The van der Waals surface area contributed by atoms with Crippen LogP contribution in [-0.2, 0) is 11.3 Å². The summed E-state index contributed by atoms with van der Waals surface area (Å²) in [7, 11) is 0. The molecular formula is C14H10BrFN2O2. The number of rotatable bonds is 2. The van der Waals surface area contributed by atoms with E-state index in [0.717, 1.165) is 4.47 Å². The fourth-order valence-corrected chi connectivity index (χ4v) is 2.33. The Labute approximate surface area is 123 Å². The molecule has 2 heterocycles. The van der Waals surface area contributed by atoms with E-state index >= 15 is 0 Å². The number of ether oxygens (including phenoxy) is 1. The number of hydrogen-bond acceptors (Lipinski definition) is 3. The van der Waals surface area contributed by atoms with Gasteiger partial charge in [0.1, 0.15) is 5.82 Å². The van der Waals surface area contributed by atoms with E-state index in [1.807, 2.05) is 0 Å². The number of amides is 1. The van der Waals surface area contributed by atoms with Crippen LogP contribution in [0.15, 0.2) is 41.0 Å². The maximum absolute atomic E-state index is 13.7. The number of anilines is 1. The van der Waals surface area contributed by atoms with Gasteiger partial charge in [0, 0.05) is 16.2 Å². The van der Waals surface area contributed by atoms with Crippen molar-refractivity contribution < 1.29 is 13.9 Å². The predicted molar refractivity (Wildman–Crippen MR) is 75.0 cm³/mol. The van der Waals surface area contributed by atoms with Crippen molar-refractivity contribution in [2.24, 2.45) is 0 Å². The monoisotopic (exact) mass is 336 g/mol. The Morgan fingerprint density at radius 1 is 1.40 bits per heavy atom. The molecule has 0 radical (unpaired) electrons. The molecule has 0 unspecified atom stereocenters. The molecule has 20 heavy (non-hydrogen) atoms. The summed E-state index contributed by atoms with van der Waals surface area (Å²) in [5.41, 5.74) is 0.443. The Hall–Kier alpha value is -1.95. The molecule has 0 saturated heterocycles. The predicted octanol–water partition coefficient (Wildman–Crippen LogP) is 2.91. The van der Waals surface area contributed by atoms with Crippen LogP contribution in [0.1, 0.15) is 5.56 Å². The summed E-state index contributed by atoms with van der Waals surface area (Å²) in [4.78, 5) is 17.6. The largest absolute Gasteiger partial charge is 0.480 e. The molecule has 1 aromatic carbocycles. The highest BCUT2D eigenvalue weighted by atomic mass is 79.9. The van der Waals surface area contributed by atoms with Gasteiger partial charge in [-0.2, -0.15) is 0 Å². The zero-order valence-corrected chi connectivity index (χ0v) is 11.9. The van der Waals surface area contributed by atoms with Gasteiger partial charge in [-0.3, -0.25) is 9.69 Å².